The minimum atomic E-state index is -2.16. The highest BCUT2D eigenvalue weighted by Gasteiger charge is 2.59. The molecule has 31 heavy (non-hydrogen) atoms. The van der Waals surface area contributed by atoms with Gasteiger partial charge in [0.15, 0.2) is 17.6 Å². The molecule has 3 N–H and O–H groups in total. The Morgan fingerprint density at radius 2 is 1.65 bits per heavy atom. The number of esters is 1. The number of nitrogens with zero attached hydrogens (tertiary/aromatic N) is 1. The van der Waals surface area contributed by atoms with Gasteiger partial charge in [0.2, 0.25) is 0 Å². The van der Waals surface area contributed by atoms with Gasteiger partial charge in [0, 0.05) is 11.0 Å². The Labute approximate surface area is 185 Å². The van der Waals surface area contributed by atoms with Gasteiger partial charge in [0.1, 0.15) is 0 Å². The van der Waals surface area contributed by atoms with E-state index in [1.54, 1.807) is 51.1 Å². The van der Waals surface area contributed by atoms with Crippen LogP contribution < -0.4 is 5.73 Å². The molecule has 0 aliphatic heterocycles. The molecular weight excluding hydrogens is 396 g/mol. The van der Waals surface area contributed by atoms with Crippen LogP contribution in [0.25, 0.3) is 6.08 Å². The minimum Gasteiger partial charge on any atom is -0.481 e. The Bertz CT molecular complexity index is 782. The molecule has 0 saturated heterocycles. The Kier molecular flexibility index (Phi) is 9.59. The van der Waals surface area contributed by atoms with Crippen molar-refractivity contribution >= 4 is 23.8 Å². The fraction of sp³-hybridized carbons (Fsp3) is 0.542. The highest BCUT2D eigenvalue weighted by atomic mass is 16.6. The molecule has 0 bridgehead atoms. The third-order valence-electron chi connectivity index (χ3n) is 6.37. The summed E-state index contributed by atoms with van der Waals surface area (Å²) in [7, 11) is 0. The number of hydrogen-bond acceptors (Lipinski definition) is 6. The van der Waals surface area contributed by atoms with Crippen LogP contribution in [0.1, 0.15) is 69.8 Å². The maximum Gasteiger partial charge on any atom is 0.336 e. The first-order valence-corrected chi connectivity index (χ1v) is 10.8. The lowest BCUT2D eigenvalue weighted by Crippen LogP contribution is -2.67. The van der Waals surface area contributed by atoms with Crippen molar-refractivity contribution in [2.24, 2.45) is 11.1 Å². The van der Waals surface area contributed by atoms with E-state index < -0.39 is 41.3 Å². The van der Waals surface area contributed by atoms with Crippen molar-refractivity contribution < 1.29 is 24.2 Å². The molecule has 0 aliphatic rings. The van der Waals surface area contributed by atoms with Crippen molar-refractivity contribution in [1.82, 2.24) is 4.90 Å². The molecule has 0 amide bonds. The second-order valence-electron chi connectivity index (χ2n) is 7.75. The van der Waals surface area contributed by atoms with Gasteiger partial charge in [0.25, 0.3) is 0 Å². The number of ketones is 1. The highest BCUT2D eigenvalue weighted by molar-refractivity contribution is 6.17. The number of carbonyl (C=O) groups is 3. The first-order valence-electron chi connectivity index (χ1n) is 10.8. The fourth-order valence-corrected chi connectivity index (χ4v) is 4.10. The zero-order chi connectivity index (χ0) is 23.8. The van der Waals surface area contributed by atoms with E-state index in [0.717, 1.165) is 5.56 Å². The molecule has 1 aromatic rings. The van der Waals surface area contributed by atoms with Crippen LogP contribution in [-0.2, 0) is 14.3 Å². The smallest absolute Gasteiger partial charge is 0.336 e. The summed E-state index contributed by atoms with van der Waals surface area (Å²) >= 11 is 0. The molecule has 1 aromatic carbocycles. The van der Waals surface area contributed by atoms with E-state index in [0.29, 0.717) is 13.1 Å². The lowest BCUT2D eigenvalue weighted by Gasteiger charge is -2.44. The predicted molar refractivity (Wildman–Crippen MR) is 122 cm³/mol. The van der Waals surface area contributed by atoms with Crippen molar-refractivity contribution in [3.8, 4) is 0 Å². The molecule has 172 valence electrons. The molecule has 0 heterocycles. The summed E-state index contributed by atoms with van der Waals surface area (Å²) in [5.41, 5.74) is 4.19. The molecule has 0 aromatic heterocycles. The van der Waals surface area contributed by atoms with Crippen molar-refractivity contribution in [1.29, 1.82) is 0 Å². The van der Waals surface area contributed by atoms with Crippen molar-refractivity contribution in [3.63, 3.8) is 0 Å². The summed E-state index contributed by atoms with van der Waals surface area (Å²) in [4.78, 5) is 40.8. The largest absolute Gasteiger partial charge is 0.481 e. The quantitative estimate of drug-likeness (QED) is 0.211. The zero-order valence-corrected chi connectivity index (χ0v) is 19.3. The molecule has 0 saturated carbocycles. The van der Waals surface area contributed by atoms with Gasteiger partial charge in [0.05, 0.1) is 6.42 Å². The topological polar surface area (TPSA) is 110 Å². The lowest BCUT2D eigenvalue weighted by molar-refractivity contribution is -0.168. The predicted octanol–water partition coefficient (Wildman–Crippen LogP) is 3.72. The monoisotopic (exact) mass is 432 g/mol. The van der Waals surface area contributed by atoms with Gasteiger partial charge in [-0.2, -0.15) is 0 Å². The van der Waals surface area contributed by atoms with E-state index in [4.69, 9.17) is 10.5 Å². The first-order chi connectivity index (χ1) is 14.6. The lowest BCUT2D eigenvalue weighted by atomic mass is 9.61. The van der Waals surface area contributed by atoms with Crippen molar-refractivity contribution in [2.75, 3.05) is 13.1 Å². The van der Waals surface area contributed by atoms with Crippen LogP contribution in [0, 0.1) is 5.41 Å². The number of rotatable bonds is 13. The standard InChI is InChI=1S/C24H36N2O5/c1-7-18-12-14-19(15-13-18)21(29)24(25,23(8-2,9-3)16-20(27)28)22(30)31-17(6)26(10-4)11-5/h7,12-15,17H,1,8-11,16,25H2,2-6H3,(H,27,28). The third-order valence-corrected chi connectivity index (χ3v) is 6.37. The zero-order valence-electron chi connectivity index (χ0n) is 19.3. The van der Waals surface area contributed by atoms with Crippen LogP contribution in [0.3, 0.4) is 0 Å². The average molecular weight is 433 g/mol. The molecule has 1 rings (SSSR count). The summed E-state index contributed by atoms with van der Waals surface area (Å²) in [6.07, 6.45) is 1.03. The van der Waals surface area contributed by atoms with Gasteiger partial charge in [-0.1, -0.05) is 64.6 Å². The summed E-state index contributed by atoms with van der Waals surface area (Å²) in [6.45, 7) is 14.0. The van der Waals surface area contributed by atoms with Gasteiger partial charge in [-0.3, -0.25) is 14.5 Å². The molecule has 0 spiro atoms. The summed E-state index contributed by atoms with van der Waals surface area (Å²) < 4.78 is 5.67. The second kappa shape index (κ2) is 11.2. The maximum absolute atomic E-state index is 13.7. The molecule has 2 atom stereocenters. The number of nitrogens with two attached hydrogens (primary N) is 1. The van der Waals surface area contributed by atoms with Gasteiger partial charge < -0.3 is 15.6 Å². The van der Waals surface area contributed by atoms with Crippen molar-refractivity contribution in [3.05, 3.63) is 42.0 Å². The molecular formula is C24H36N2O5. The number of aliphatic carboxylic acids is 1. The number of carboxylic acids is 1. The SMILES string of the molecule is C=Cc1ccc(C(=O)C(N)(C(=O)OC(C)N(CC)CC)C(CC)(CC)CC(=O)O)cc1. The molecule has 0 aliphatic carbocycles. The Hall–Kier alpha value is -2.51. The van der Waals surface area contributed by atoms with Crippen LogP contribution in [-0.4, -0.2) is 52.6 Å². The van der Waals surface area contributed by atoms with Crippen LogP contribution in [0.2, 0.25) is 0 Å². The number of hydrogen-bond donors (Lipinski definition) is 2. The third kappa shape index (κ3) is 5.40. The number of benzene rings is 1. The first kappa shape index (κ1) is 26.5. The summed E-state index contributed by atoms with van der Waals surface area (Å²) in [5.74, 6) is -2.68. The van der Waals surface area contributed by atoms with E-state index in [1.807, 2.05) is 18.7 Å². The number of Topliss-reactive ketones (excluding diaryl/α,β-unsaturated/α-hetero) is 1. The van der Waals surface area contributed by atoms with Gasteiger partial charge in [-0.25, -0.2) is 4.79 Å². The fourth-order valence-electron chi connectivity index (χ4n) is 4.10. The molecule has 2 unspecified atom stereocenters. The Balaban J connectivity index is 3.59. The van der Waals surface area contributed by atoms with E-state index in [9.17, 15) is 19.5 Å². The van der Waals surface area contributed by atoms with E-state index in [2.05, 4.69) is 6.58 Å². The van der Waals surface area contributed by atoms with Crippen LogP contribution in [0.5, 0.6) is 0 Å². The van der Waals surface area contributed by atoms with E-state index in [-0.39, 0.29) is 18.4 Å². The molecule has 7 heteroatoms. The van der Waals surface area contributed by atoms with E-state index in [1.165, 1.54) is 0 Å². The molecule has 0 radical (unpaired) electrons. The average Bonchev–Trinajstić information content (AvgIpc) is 2.76. The van der Waals surface area contributed by atoms with Crippen molar-refractivity contribution in [2.45, 2.75) is 65.6 Å². The van der Waals surface area contributed by atoms with Crippen LogP contribution in [0.15, 0.2) is 30.8 Å². The number of ether oxygens (including phenoxy) is 1. The summed E-state index contributed by atoms with van der Waals surface area (Å²) in [6, 6.07) is 6.53. The molecule has 0 fully saturated rings. The number of carboxylic acid groups (broad SMARTS) is 1. The van der Waals surface area contributed by atoms with Gasteiger partial charge in [-0.05, 0) is 38.4 Å². The van der Waals surface area contributed by atoms with Gasteiger partial charge in [-0.15, -0.1) is 0 Å². The van der Waals surface area contributed by atoms with Crippen LogP contribution in [0.4, 0.5) is 0 Å². The maximum atomic E-state index is 13.7. The Morgan fingerprint density at radius 1 is 1.13 bits per heavy atom. The van der Waals surface area contributed by atoms with Crippen LogP contribution >= 0.6 is 0 Å². The molecule has 7 nitrogen and oxygen atoms in total. The number of carbonyl (C=O) groups excluding carboxylic acids is 2. The minimum absolute atomic E-state index is 0.220. The van der Waals surface area contributed by atoms with E-state index >= 15 is 0 Å². The summed E-state index contributed by atoms with van der Waals surface area (Å²) in [5, 5.41) is 9.59. The second-order valence-corrected chi connectivity index (χ2v) is 7.75. The van der Waals surface area contributed by atoms with Gasteiger partial charge >= 0.3 is 11.9 Å². The normalized spacial score (nSPS) is 14.5. The Morgan fingerprint density at radius 3 is 2.03 bits per heavy atom. The highest BCUT2D eigenvalue weighted by Crippen LogP contribution is 2.43.